The number of carboxylic acid groups (broad SMARTS) is 1. The van der Waals surface area contributed by atoms with E-state index in [2.05, 4.69) is 26.6 Å². The average Bonchev–Trinajstić information content (AvgIpc) is 2.71. The van der Waals surface area contributed by atoms with E-state index in [1.807, 2.05) is 0 Å². The fourth-order valence-corrected chi connectivity index (χ4v) is 2.23. The molecule has 0 aromatic rings. The molecule has 0 aromatic carbocycles. The minimum atomic E-state index is -1.31. The Bertz CT molecular complexity index is 658. The molecule has 8 N–H and O–H groups in total. The number of hydrogen-bond acceptors (Lipinski definition) is 8. The third kappa shape index (κ3) is 20.4. The first-order valence-corrected chi connectivity index (χ1v) is 10.6. The Morgan fingerprint density at radius 1 is 0.606 bits per heavy atom. The lowest BCUT2D eigenvalue weighted by atomic mass is 10.3. The molecule has 0 aliphatic rings. The van der Waals surface area contributed by atoms with Crippen LogP contribution < -0.4 is 32.3 Å². The summed E-state index contributed by atoms with van der Waals surface area (Å²) in [6.45, 7) is 1.73. The van der Waals surface area contributed by atoms with Crippen molar-refractivity contribution < 1.29 is 38.6 Å². The maximum absolute atomic E-state index is 11.7. The molecule has 0 bridgehead atoms. The highest BCUT2D eigenvalue weighted by molar-refractivity contribution is 5.98. The summed E-state index contributed by atoms with van der Waals surface area (Å²) in [4.78, 5) is 67.9. The van der Waals surface area contributed by atoms with Crippen LogP contribution >= 0.6 is 0 Å². The smallest absolute Gasteiger partial charge is 0.312 e. The molecule has 0 aliphatic heterocycles. The molecule has 0 atom stereocenters. The van der Waals surface area contributed by atoms with Crippen LogP contribution in [0.4, 0.5) is 0 Å². The topological polar surface area (TPSA) is 218 Å². The van der Waals surface area contributed by atoms with Gasteiger partial charge in [-0.3, -0.25) is 28.8 Å². The van der Waals surface area contributed by atoms with Crippen LogP contribution in [0.25, 0.3) is 0 Å². The van der Waals surface area contributed by atoms with Gasteiger partial charge in [-0.2, -0.15) is 0 Å². The lowest BCUT2D eigenvalue weighted by Gasteiger charge is -2.09. The summed E-state index contributed by atoms with van der Waals surface area (Å²) < 4.78 is 5.41. The number of carbonyl (C=O) groups is 6. The van der Waals surface area contributed by atoms with Crippen LogP contribution in [0.2, 0.25) is 0 Å². The van der Waals surface area contributed by atoms with E-state index < -0.39 is 54.8 Å². The van der Waals surface area contributed by atoms with Crippen molar-refractivity contribution in [2.45, 2.75) is 44.9 Å². The van der Waals surface area contributed by atoms with Crippen LogP contribution in [0.5, 0.6) is 0 Å². The second kappa shape index (κ2) is 19.4. The molecule has 14 nitrogen and oxygen atoms in total. The number of hydrogen-bond donors (Lipinski definition) is 7. The second-order valence-electron chi connectivity index (χ2n) is 6.84. The zero-order valence-electron chi connectivity index (χ0n) is 18.6. The minimum absolute atomic E-state index is 0.269. The predicted molar refractivity (Wildman–Crippen MR) is 115 cm³/mol. The number of carboxylic acids is 1. The summed E-state index contributed by atoms with van der Waals surface area (Å²) in [6.07, 6.45) is 1.64. The molecular formula is C19H34N6O8. The van der Waals surface area contributed by atoms with Crippen molar-refractivity contribution in [3.05, 3.63) is 0 Å². The van der Waals surface area contributed by atoms with Crippen molar-refractivity contribution in [1.82, 2.24) is 26.6 Å². The highest BCUT2D eigenvalue weighted by Crippen LogP contribution is 1.93. The van der Waals surface area contributed by atoms with Gasteiger partial charge in [0.1, 0.15) is 19.3 Å². The van der Waals surface area contributed by atoms with Gasteiger partial charge in [-0.15, -0.1) is 0 Å². The van der Waals surface area contributed by atoms with E-state index in [0.717, 1.165) is 19.3 Å². The van der Waals surface area contributed by atoms with E-state index in [9.17, 15) is 28.8 Å². The number of amides is 5. The lowest BCUT2D eigenvalue weighted by Crippen LogP contribution is -2.42. The molecule has 0 unspecified atom stereocenters. The second-order valence-corrected chi connectivity index (χ2v) is 6.84. The Kier molecular flexibility index (Phi) is 17.5. The zero-order chi connectivity index (χ0) is 24.9. The summed E-state index contributed by atoms with van der Waals surface area (Å²) in [6, 6.07) is 0. The summed E-state index contributed by atoms with van der Waals surface area (Å²) >= 11 is 0. The SMILES string of the molecule is NCCCCOCCCCNC(=O)CC(=O)NCNC(=O)CC(=O)NCNC(=O)CC(=O)O. The van der Waals surface area contributed by atoms with E-state index in [4.69, 9.17) is 15.6 Å². The number of carbonyl (C=O) groups excluding carboxylic acids is 5. The van der Waals surface area contributed by atoms with Gasteiger partial charge < -0.3 is 42.2 Å². The van der Waals surface area contributed by atoms with Crippen LogP contribution in [0.3, 0.4) is 0 Å². The molecule has 0 heterocycles. The Balaban J connectivity index is 3.71. The molecule has 0 aromatic heterocycles. The zero-order valence-corrected chi connectivity index (χ0v) is 18.6. The van der Waals surface area contributed by atoms with Gasteiger partial charge in [0.15, 0.2) is 0 Å². The van der Waals surface area contributed by atoms with Crippen LogP contribution in [-0.4, -0.2) is 80.3 Å². The number of nitrogens with two attached hydrogens (primary N) is 1. The van der Waals surface area contributed by atoms with Gasteiger partial charge in [-0.1, -0.05) is 0 Å². The average molecular weight is 475 g/mol. The number of rotatable bonds is 19. The fourth-order valence-electron chi connectivity index (χ4n) is 2.23. The Hall–Kier alpha value is -3.26. The first kappa shape index (κ1) is 29.7. The number of aliphatic carboxylic acids is 1. The summed E-state index contributed by atoms with van der Waals surface area (Å²) in [7, 11) is 0. The lowest BCUT2D eigenvalue weighted by molar-refractivity contribution is -0.141. The summed E-state index contributed by atoms with van der Waals surface area (Å²) in [5.74, 6) is -4.56. The molecule has 5 amide bonds. The molecular weight excluding hydrogens is 440 g/mol. The van der Waals surface area contributed by atoms with E-state index in [0.29, 0.717) is 32.7 Å². The quantitative estimate of drug-likeness (QED) is 0.0586. The Labute approximate surface area is 191 Å². The maximum Gasteiger partial charge on any atom is 0.312 e. The van der Waals surface area contributed by atoms with Gasteiger partial charge in [-0.25, -0.2) is 0 Å². The monoisotopic (exact) mass is 474 g/mol. The Morgan fingerprint density at radius 2 is 1.03 bits per heavy atom. The van der Waals surface area contributed by atoms with E-state index in [1.54, 1.807) is 0 Å². The van der Waals surface area contributed by atoms with Crippen molar-refractivity contribution in [2.24, 2.45) is 5.73 Å². The number of nitrogens with one attached hydrogen (secondary N) is 5. The van der Waals surface area contributed by atoms with Crippen LogP contribution in [-0.2, 0) is 33.5 Å². The molecule has 0 aliphatic carbocycles. The van der Waals surface area contributed by atoms with E-state index >= 15 is 0 Å². The summed E-state index contributed by atoms with van der Waals surface area (Å²) in [5.41, 5.74) is 5.38. The first-order chi connectivity index (χ1) is 15.7. The first-order valence-electron chi connectivity index (χ1n) is 10.6. The van der Waals surface area contributed by atoms with Crippen LogP contribution in [0.15, 0.2) is 0 Å². The normalized spacial score (nSPS) is 10.1. The van der Waals surface area contributed by atoms with Crippen molar-refractivity contribution in [3.63, 3.8) is 0 Å². The molecule has 0 saturated carbocycles. The fraction of sp³-hybridized carbons (Fsp3) is 0.684. The van der Waals surface area contributed by atoms with Gasteiger partial charge in [0, 0.05) is 19.8 Å². The molecule has 0 fully saturated rings. The van der Waals surface area contributed by atoms with Gasteiger partial charge in [0.2, 0.25) is 29.5 Å². The highest BCUT2D eigenvalue weighted by Gasteiger charge is 2.12. The third-order valence-electron chi connectivity index (χ3n) is 3.88. The largest absolute Gasteiger partial charge is 0.481 e. The van der Waals surface area contributed by atoms with Crippen molar-refractivity contribution in [1.29, 1.82) is 0 Å². The molecule has 0 saturated heterocycles. The van der Waals surface area contributed by atoms with Gasteiger partial charge in [0.25, 0.3) is 0 Å². The molecule has 0 spiro atoms. The third-order valence-corrected chi connectivity index (χ3v) is 3.88. The predicted octanol–water partition coefficient (Wildman–Crippen LogP) is -2.73. The van der Waals surface area contributed by atoms with Gasteiger partial charge in [-0.05, 0) is 32.2 Å². The molecule has 188 valence electrons. The van der Waals surface area contributed by atoms with Gasteiger partial charge >= 0.3 is 5.97 Å². The molecule has 33 heavy (non-hydrogen) atoms. The highest BCUT2D eigenvalue weighted by atomic mass is 16.5. The Morgan fingerprint density at radius 3 is 1.48 bits per heavy atom. The van der Waals surface area contributed by atoms with Crippen molar-refractivity contribution in [2.75, 3.05) is 39.6 Å². The van der Waals surface area contributed by atoms with E-state index in [1.165, 1.54) is 0 Å². The van der Waals surface area contributed by atoms with Crippen LogP contribution in [0.1, 0.15) is 44.9 Å². The number of unbranched alkanes of at least 4 members (excludes halogenated alkanes) is 2. The van der Waals surface area contributed by atoms with Crippen molar-refractivity contribution in [3.8, 4) is 0 Å². The minimum Gasteiger partial charge on any atom is -0.481 e. The van der Waals surface area contributed by atoms with Crippen molar-refractivity contribution >= 4 is 35.5 Å². The molecule has 14 heteroatoms. The molecule has 0 rings (SSSR count). The standard InChI is InChI=1S/C19H34N6O8/c20-5-1-3-7-33-8-4-2-6-21-14(26)9-15(27)22-12-23-16(28)10-17(29)24-13-25-18(30)11-19(31)32/h1-13,20H2,(H,21,26)(H,22,27)(H,23,28)(H,24,29)(H,25,30)(H,31,32). The van der Waals surface area contributed by atoms with Crippen LogP contribution in [0, 0.1) is 0 Å². The van der Waals surface area contributed by atoms with Gasteiger partial charge in [0.05, 0.1) is 13.3 Å². The molecule has 0 radical (unpaired) electrons. The van der Waals surface area contributed by atoms with E-state index in [-0.39, 0.29) is 13.3 Å². The summed E-state index contributed by atoms with van der Waals surface area (Å²) in [5, 5.41) is 20.0. The maximum atomic E-state index is 11.7. The number of ether oxygens (including phenoxy) is 1.